The van der Waals surface area contributed by atoms with Gasteiger partial charge in [0.15, 0.2) is 0 Å². The fourth-order valence-corrected chi connectivity index (χ4v) is 0.941. The van der Waals surface area contributed by atoms with Gasteiger partial charge in [0.1, 0.15) is 11.2 Å². The van der Waals surface area contributed by atoms with Gasteiger partial charge in [-0.1, -0.05) is 12.1 Å². The fraction of sp³-hybridized carbons (Fsp3) is 0.125. The first-order valence-corrected chi connectivity index (χ1v) is 3.74. The number of primary amides is 1. The maximum Gasteiger partial charge on any atom is 0.240 e. The van der Waals surface area contributed by atoms with Crippen molar-refractivity contribution in [1.29, 1.82) is 0 Å². The van der Waals surface area contributed by atoms with Gasteiger partial charge in [-0.3, -0.25) is 4.79 Å². The van der Waals surface area contributed by atoms with E-state index in [0.29, 0.717) is 5.56 Å². The van der Waals surface area contributed by atoms with Gasteiger partial charge in [0.2, 0.25) is 5.91 Å². The molecule has 1 aromatic rings. The summed E-state index contributed by atoms with van der Waals surface area (Å²) < 4.78 is 12.4. The van der Waals surface area contributed by atoms with E-state index in [4.69, 9.17) is 17.3 Å². The molecule has 4 heteroatoms. The van der Waals surface area contributed by atoms with Crippen molar-refractivity contribution in [2.45, 2.75) is 5.38 Å². The maximum atomic E-state index is 12.4. The number of benzene rings is 1. The van der Waals surface area contributed by atoms with Gasteiger partial charge in [-0.15, -0.1) is 11.6 Å². The highest BCUT2D eigenvalue weighted by Gasteiger charge is 2.13. The quantitative estimate of drug-likeness (QED) is 0.702. The monoisotopic (exact) mass is 187 g/mol. The van der Waals surface area contributed by atoms with E-state index in [1.807, 2.05) is 0 Å². The van der Waals surface area contributed by atoms with Crippen molar-refractivity contribution in [2.24, 2.45) is 5.73 Å². The molecular weight excluding hydrogens is 181 g/mol. The van der Waals surface area contributed by atoms with E-state index >= 15 is 0 Å². The van der Waals surface area contributed by atoms with Crippen LogP contribution < -0.4 is 5.73 Å². The molecule has 0 aliphatic rings. The molecule has 2 nitrogen and oxygen atoms in total. The first-order valence-electron chi connectivity index (χ1n) is 3.30. The Labute approximate surface area is 74.1 Å². The Morgan fingerprint density at radius 3 is 2.33 bits per heavy atom. The molecule has 1 amide bonds. The van der Waals surface area contributed by atoms with Gasteiger partial charge in [0.05, 0.1) is 0 Å². The molecule has 0 radical (unpaired) electrons. The normalized spacial score (nSPS) is 12.5. The number of alkyl halides is 1. The van der Waals surface area contributed by atoms with Crippen LogP contribution >= 0.6 is 11.6 Å². The minimum absolute atomic E-state index is 0.368. The van der Waals surface area contributed by atoms with Gasteiger partial charge in [0.25, 0.3) is 0 Å². The Balaban J connectivity index is 2.89. The smallest absolute Gasteiger partial charge is 0.240 e. The van der Waals surface area contributed by atoms with Crippen LogP contribution in [0.3, 0.4) is 0 Å². The van der Waals surface area contributed by atoms with E-state index < -0.39 is 11.3 Å². The lowest BCUT2D eigenvalue weighted by Crippen LogP contribution is -2.16. The summed E-state index contributed by atoms with van der Waals surface area (Å²) in [4.78, 5) is 10.6. The molecule has 1 rings (SSSR count). The van der Waals surface area contributed by atoms with Crippen molar-refractivity contribution >= 4 is 17.5 Å². The zero-order chi connectivity index (χ0) is 9.14. The Morgan fingerprint density at radius 2 is 1.92 bits per heavy atom. The second-order valence-corrected chi connectivity index (χ2v) is 2.75. The summed E-state index contributed by atoms with van der Waals surface area (Å²) in [5.74, 6) is -1.00. The summed E-state index contributed by atoms with van der Waals surface area (Å²) in [6, 6.07) is 5.32. The zero-order valence-corrected chi connectivity index (χ0v) is 6.88. The van der Waals surface area contributed by atoms with Crippen LogP contribution in [-0.2, 0) is 4.79 Å². The maximum absolute atomic E-state index is 12.4. The van der Waals surface area contributed by atoms with Crippen molar-refractivity contribution in [1.82, 2.24) is 0 Å². The zero-order valence-electron chi connectivity index (χ0n) is 6.13. The van der Waals surface area contributed by atoms with Crippen LogP contribution in [0.1, 0.15) is 10.9 Å². The average Bonchev–Trinajstić information content (AvgIpc) is 2.04. The number of rotatable bonds is 2. The molecule has 1 atom stereocenters. The number of nitrogens with two attached hydrogens (primary N) is 1. The molecule has 0 aliphatic carbocycles. The third-order valence-corrected chi connectivity index (χ3v) is 1.88. The highest BCUT2D eigenvalue weighted by atomic mass is 35.5. The van der Waals surface area contributed by atoms with Gasteiger partial charge >= 0.3 is 0 Å². The lowest BCUT2D eigenvalue weighted by atomic mass is 10.1. The predicted molar refractivity (Wildman–Crippen MR) is 44.2 cm³/mol. The van der Waals surface area contributed by atoms with Crippen molar-refractivity contribution < 1.29 is 9.18 Å². The van der Waals surface area contributed by atoms with Crippen molar-refractivity contribution in [2.75, 3.05) is 0 Å². The Morgan fingerprint density at radius 1 is 1.42 bits per heavy atom. The predicted octanol–water partition coefficient (Wildman–Crippen LogP) is 1.59. The van der Waals surface area contributed by atoms with E-state index in [0.717, 1.165) is 0 Å². The molecule has 0 aromatic heterocycles. The van der Waals surface area contributed by atoms with Crippen LogP contribution in [0.15, 0.2) is 24.3 Å². The standard InChI is InChI=1S/C8H7ClFNO/c9-7(8(11)12)5-1-3-6(10)4-2-5/h1-4,7H,(H2,11,12). The lowest BCUT2D eigenvalue weighted by Gasteiger charge is -2.03. The summed E-state index contributed by atoms with van der Waals surface area (Å²) in [5, 5.41) is -0.884. The van der Waals surface area contributed by atoms with Crippen LogP contribution in [0, 0.1) is 5.82 Å². The molecule has 1 unspecified atom stereocenters. The van der Waals surface area contributed by atoms with Crippen molar-refractivity contribution in [3.8, 4) is 0 Å². The van der Waals surface area contributed by atoms with E-state index in [1.54, 1.807) is 0 Å². The highest BCUT2D eigenvalue weighted by Crippen LogP contribution is 2.19. The fourth-order valence-electron chi connectivity index (χ4n) is 0.796. The average molecular weight is 188 g/mol. The molecule has 0 saturated carbocycles. The van der Waals surface area contributed by atoms with Gasteiger partial charge in [0, 0.05) is 0 Å². The molecule has 0 saturated heterocycles. The number of halogens is 2. The molecule has 0 aliphatic heterocycles. The molecule has 0 heterocycles. The van der Waals surface area contributed by atoms with Gasteiger partial charge in [-0.25, -0.2) is 4.39 Å². The minimum Gasteiger partial charge on any atom is -0.368 e. The Bertz CT molecular complexity index is 286. The molecular formula is C8H7ClFNO. The number of amides is 1. The molecule has 0 spiro atoms. The van der Waals surface area contributed by atoms with Crippen LogP contribution in [0.25, 0.3) is 0 Å². The lowest BCUT2D eigenvalue weighted by molar-refractivity contribution is -0.117. The van der Waals surface area contributed by atoms with Gasteiger partial charge in [-0.05, 0) is 17.7 Å². The van der Waals surface area contributed by atoms with Gasteiger partial charge in [-0.2, -0.15) is 0 Å². The number of hydrogen-bond acceptors (Lipinski definition) is 1. The third-order valence-electron chi connectivity index (χ3n) is 1.41. The topological polar surface area (TPSA) is 43.1 Å². The van der Waals surface area contributed by atoms with Gasteiger partial charge < -0.3 is 5.73 Å². The molecule has 0 bridgehead atoms. The molecule has 64 valence electrons. The highest BCUT2D eigenvalue weighted by molar-refractivity contribution is 6.30. The Kier molecular flexibility index (Phi) is 2.65. The van der Waals surface area contributed by atoms with E-state index in [1.165, 1.54) is 24.3 Å². The van der Waals surface area contributed by atoms with Crippen LogP contribution in [-0.4, -0.2) is 5.91 Å². The summed E-state index contributed by atoms with van der Waals surface area (Å²) in [6.45, 7) is 0. The van der Waals surface area contributed by atoms with Crippen LogP contribution in [0.5, 0.6) is 0 Å². The summed E-state index contributed by atoms with van der Waals surface area (Å²) in [6.07, 6.45) is 0. The largest absolute Gasteiger partial charge is 0.368 e. The third kappa shape index (κ3) is 1.95. The minimum atomic E-state index is -0.884. The van der Waals surface area contributed by atoms with E-state index in [9.17, 15) is 9.18 Å². The van der Waals surface area contributed by atoms with Crippen molar-refractivity contribution in [3.63, 3.8) is 0 Å². The molecule has 2 N–H and O–H groups in total. The first-order chi connectivity index (χ1) is 5.61. The van der Waals surface area contributed by atoms with E-state index in [-0.39, 0.29) is 5.82 Å². The molecule has 1 aromatic carbocycles. The molecule has 12 heavy (non-hydrogen) atoms. The first kappa shape index (κ1) is 9.00. The number of carbonyl (C=O) groups is 1. The SMILES string of the molecule is NC(=O)C(Cl)c1ccc(F)cc1. The number of carbonyl (C=O) groups excluding carboxylic acids is 1. The second-order valence-electron chi connectivity index (χ2n) is 2.32. The van der Waals surface area contributed by atoms with Crippen molar-refractivity contribution in [3.05, 3.63) is 35.6 Å². The van der Waals surface area contributed by atoms with Crippen LogP contribution in [0.2, 0.25) is 0 Å². The van der Waals surface area contributed by atoms with E-state index in [2.05, 4.69) is 0 Å². The summed E-state index contributed by atoms with van der Waals surface area (Å²) >= 11 is 5.60. The summed E-state index contributed by atoms with van der Waals surface area (Å²) in [5.41, 5.74) is 5.45. The number of hydrogen-bond donors (Lipinski definition) is 1. The summed E-state index contributed by atoms with van der Waals surface area (Å²) in [7, 11) is 0. The van der Waals surface area contributed by atoms with Crippen LogP contribution in [0.4, 0.5) is 4.39 Å². The Hall–Kier alpha value is -1.09. The second kappa shape index (κ2) is 3.54. The molecule has 0 fully saturated rings.